The number of ether oxygens (including phenoxy) is 1. The SMILES string of the molecule is CC(Oc1cccnc1[N+](=O)[O-])C(=O)NC1CCS(=O)(=O)C1. The molecule has 1 aromatic heterocycles. The number of nitrogens with one attached hydrogen (secondary N) is 1. The van der Waals surface area contributed by atoms with E-state index in [1.807, 2.05) is 0 Å². The van der Waals surface area contributed by atoms with Crippen LogP contribution in [0.5, 0.6) is 5.75 Å². The van der Waals surface area contributed by atoms with E-state index in [1.54, 1.807) is 0 Å². The van der Waals surface area contributed by atoms with Crippen LogP contribution in [0.3, 0.4) is 0 Å². The maximum atomic E-state index is 12.0. The largest absolute Gasteiger partial charge is 0.473 e. The van der Waals surface area contributed by atoms with Crippen molar-refractivity contribution in [3.63, 3.8) is 0 Å². The van der Waals surface area contributed by atoms with E-state index in [1.165, 1.54) is 25.3 Å². The second-order valence-electron chi connectivity index (χ2n) is 4.95. The van der Waals surface area contributed by atoms with Gasteiger partial charge in [-0.05, 0) is 35.4 Å². The van der Waals surface area contributed by atoms with Crippen LogP contribution in [-0.2, 0) is 14.6 Å². The Kier molecular flexibility index (Phi) is 4.59. The predicted molar refractivity (Wildman–Crippen MR) is 76.2 cm³/mol. The van der Waals surface area contributed by atoms with Gasteiger partial charge in [-0.3, -0.25) is 4.79 Å². The normalized spacial score (nSPS) is 21.0. The number of rotatable bonds is 5. The van der Waals surface area contributed by atoms with Crippen molar-refractivity contribution in [2.75, 3.05) is 11.5 Å². The average Bonchev–Trinajstić information content (AvgIpc) is 2.78. The molecule has 1 amide bonds. The number of carbonyl (C=O) groups excluding carboxylic acids is 1. The maximum Gasteiger partial charge on any atom is 0.406 e. The van der Waals surface area contributed by atoms with Crippen LogP contribution >= 0.6 is 0 Å². The fourth-order valence-electron chi connectivity index (χ4n) is 2.08. The molecule has 0 saturated carbocycles. The molecule has 2 atom stereocenters. The van der Waals surface area contributed by atoms with Crippen LogP contribution in [0, 0.1) is 10.1 Å². The van der Waals surface area contributed by atoms with Crippen molar-refractivity contribution in [2.45, 2.75) is 25.5 Å². The molecular weight excluding hydrogens is 314 g/mol. The molecule has 0 bridgehead atoms. The van der Waals surface area contributed by atoms with Gasteiger partial charge < -0.3 is 20.2 Å². The summed E-state index contributed by atoms with van der Waals surface area (Å²) < 4.78 is 27.9. The number of nitro groups is 1. The first-order chi connectivity index (χ1) is 10.3. The van der Waals surface area contributed by atoms with Crippen molar-refractivity contribution in [1.82, 2.24) is 10.3 Å². The third kappa shape index (κ3) is 3.91. The molecule has 1 fully saturated rings. The summed E-state index contributed by atoms with van der Waals surface area (Å²) in [5.41, 5.74) is 0. The second kappa shape index (κ2) is 6.26. The lowest BCUT2D eigenvalue weighted by atomic mass is 10.2. The van der Waals surface area contributed by atoms with Gasteiger partial charge in [-0.2, -0.15) is 0 Å². The van der Waals surface area contributed by atoms with E-state index in [2.05, 4.69) is 10.3 Å². The van der Waals surface area contributed by atoms with Crippen LogP contribution in [0.4, 0.5) is 5.82 Å². The summed E-state index contributed by atoms with van der Waals surface area (Å²) >= 11 is 0. The smallest absolute Gasteiger partial charge is 0.406 e. The number of hydrogen-bond acceptors (Lipinski definition) is 7. The van der Waals surface area contributed by atoms with Crippen LogP contribution < -0.4 is 10.1 Å². The van der Waals surface area contributed by atoms with Gasteiger partial charge in [0.2, 0.25) is 5.75 Å². The van der Waals surface area contributed by atoms with Crippen LogP contribution in [0.15, 0.2) is 18.3 Å². The highest BCUT2D eigenvalue weighted by Crippen LogP contribution is 2.24. The number of hydrogen-bond donors (Lipinski definition) is 1. The van der Waals surface area contributed by atoms with Gasteiger partial charge in [0.25, 0.3) is 5.91 Å². The third-order valence-corrected chi connectivity index (χ3v) is 4.94. The molecular formula is C12H15N3O6S. The molecule has 1 N–H and O–H groups in total. The lowest BCUT2D eigenvalue weighted by Crippen LogP contribution is -2.43. The highest BCUT2D eigenvalue weighted by molar-refractivity contribution is 7.91. The van der Waals surface area contributed by atoms with Crippen LogP contribution in [-0.4, -0.2) is 47.9 Å². The summed E-state index contributed by atoms with van der Waals surface area (Å²) in [5, 5.41) is 13.4. The van der Waals surface area contributed by atoms with E-state index in [-0.39, 0.29) is 17.3 Å². The molecule has 1 aromatic rings. The van der Waals surface area contributed by atoms with Gasteiger partial charge in [0.05, 0.1) is 11.5 Å². The molecule has 9 nitrogen and oxygen atoms in total. The van der Waals surface area contributed by atoms with Gasteiger partial charge in [0.15, 0.2) is 15.9 Å². The standard InChI is InChI=1S/C12H15N3O6S/c1-8(12(16)14-9-4-6-22(19,20)7-9)21-10-3-2-5-13-11(10)15(17)18/h2-3,5,8-9H,4,6-7H2,1H3,(H,14,16). The molecule has 0 aromatic carbocycles. The first-order valence-corrected chi connectivity index (χ1v) is 8.37. The number of sulfone groups is 1. The second-order valence-corrected chi connectivity index (χ2v) is 7.18. The molecule has 1 saturated heterocycles. The van der Waals surface area contributed by atoms with E-state index in [9.17, 15) is 23.3 Å². The molecule has 2 heterocycles. The van der Waals surface area contributed by atoms with Crippen molar-refractivity contribution < 1.29 is 22.9 Å². The molecule has 2 unspecified atom stereocenters. The van der Waals surface area contributed by atoms with Gasteiger partial charge in [-0.1, -0.05) is 0 Å². The minimum absolute atomic E-state index is 0.0429. The van der Waals surface area contributed by atoms with Crippen LogP contribution in [0.1, 0.15) is 13.3 Å². The predicted octanol–water partition coefficient (Wildman–Crippen LogP) is 0.0604. The van der Waals surface area contributed by atoms with E-state index in [0.29, 0.717) is 6.42 Å². The Balaban J connectivity index is 1.99. The summed E-state index contributed by atoms with van der Waals surface area (Å²) in [7, 11) is -3.10. The highest BCUT2D eigenvalue weighted by atomic mass is 32.2. The molecule has 22 heavy (non-hydrogen) atoms. The quantitative estimate of drug-likeness (QED) is 0.597. The Morgan fingerprint density at radius 2 is 2.32 bits per heavy atom. The van der Waals surface area contributed by atoms with Crippen molar-refractivity contribution >= 4 is 21.6 Å². The first-order valence-electron chi connectivity index (χ1n) is 6.55. The Morgan fingerprint density at radius 3 is 2.91 bits per heavy atom. The van der Waals surface area contributed by atoms with Gasteiger partial charge in [0.1, 0.15) is 6.20 Å². The Bertz CT molecular complexity index is 690. The minimum Gasteiger partial charge on any atom is -0.473 e. The van der Waals surface area contributed by atoms with Gasteiger partial charge in [-0.15, -0.1) is 0 Å². The summed E-state index contributed by atoms with van der Waals surface area (Å²) in [6.45, 7) is 1.43. The van der Waals surface area contributed by atoms with Crippen LogP contribution in [0.2, 0.25) is 0 Å². The number of amides is 1. The number of pyridine rings is 1. The number of nitrogens with zero attached hydrogens (tertiary/aromatic N) is 2. The number of carbonyl (C=O) groups is 1. The zero-order chi connectivity index (χ0) is 16.3. The highest BCUT2D eigenvalue weighted by Gasteiger charge is 2.31. The summed E-state index contributed by atoms with van der Waals surface area (Å²) in [6.07, 6.45) is 0.596. The van der Waals surface area contributed by atoms with E-state index in [0.717, 1.165) is 0 Å². The summed E-state index contributed by atoms with van der Waals surface area (Å²) in [5.74, 6) is -1.18. The maximum absolute atomic E-state index is 12.0. The van der Waals surface area contributed by atoms with E-state index >= 15 is 0 Å². The lowest BCUT2D eigenvalue weighted by Gasteiger charge is -2.17. The molecule has 2 rings (SSSR count). The fourth-order valence-corrected chi connectivity index (χ4v) is 3.76. The molecule has 1 aliphatic rings. The van der Waals surface area contributed by atoms with Crippen molar-refractivity contribution in [3.8, 4) is 5.75 Å². The monoisotopic (exact) mass is 329 g/mol. The third-order valence-electron chi connectivity index (χ3n) is 3.18. The van der Waals surface area contributed by atoms with Gasteiger partial charge in [-0.25, -0.2) is 8.42 Å². The average molecular weight is 329 g/mol. The Hall–Kier alpha value is -2.23. The zero-order valence-electron chi connectivity index (χ0n) is 11.8. The zero-order valence-corrected chi connectivity index (χ0v) is 12.6. The van der Waals surface area contributed by atoms with Crippen LogP contribution in [0.25, 0.3) is 0 Å². The molecule has 120 valence electrons. The van der Waals surface area contributed by atoms with Gasteiger partial charge in [0, 0.05) is 6.04 Å². The molecule has 0 radical (unpaired) electrons. The number of aromatic nitrogens is 1. The minimum atomic E-state index is -3.10. The Morgan fingerprint density at radius 1 is 1.59 bits per heavy atom. The van der Waals surface area contributed by atoms with Crippen molar-refractivity contribution in [3.05, 3.63) is 28.4 Å². The lowest BCUT2D eigenvalue weighted by molar-refractivity contribution is -0.390. The van der Waals surface area contributed by atoms with E-state index < -0.39 is 38.6 Å². The van der Waals surface area contributed by atoms with Crippen molar-refractivity contribution in [1.29, 1.82) is 0 Å². The van der Waals surface area contributed by atoms with Crippen molar-refractivity contribution in [2.24, 2.45) is 0 Å². The fraction of sp³-hybridized carbons (Fsp3) is 0.500. The first kappa shape index (κ1) is 16.1. The van der Waals surface area contributed by atoms with E-state index in [4.69, 9.17) is 4.74 Å². The summed E-state index contributed by atoms with van der Waals surface area (Å²) in [6, 6.07) is 2.35. The molecule has 0 spiro atoms. The Labute approximate surface area is 126 Å². The summed E-state index contributed by atoms with van der Waals surface area (Å²) in [4.78, 5) is 25.7. The van der Waals surface area contributed by atoms with Gasteiger partial charge >= 0.3 is 5.82 Å². The molecule has 10 heteroatoms. The topological polar surface area (TPSA) is 128 Å². The molecule has 1 aliphatic heterocycles. The molecule has 0 aliphatic carbocycles.